The number of benzene rings is 2. The molecule has 0 saturated carbocycles. The minimum atomic E-state index is -0.550. The summed E-state index contributed by atoms with van der Waals surface area (Å²) in [6, 6.07) is 12.9. The van der Waals surface area contributed by atoms with Crippen molar-refractivity contribution in [2.45, 2.75) is 26.9 Å². The van der Waals surface area contributed by atoms with Gasteiger partial charge in [0, 0.05) is 16.8 Å². The zero-order valence-electron chi connectivity index (χ0n) is 15.7. The summed E-state index contributed by atoms with van der Waals surface area (Å²) in [6.45, 7) is 3.70. The van der Waals surface area contributed by atoms with E-state index in [9.17, 15) is 14.4 Å². The average Bonchev–Trinajstić information content (AvgIpc) is 2.67. The summed E-state index contributed by atoms with van der Waals surface area (Å²) < 4.78 is 10.9. The lowest BCUT2D eigenvalue weighted by Gasteiger charge is -2.12. The number of amides is 1. The molecule has 7 nitrogen and oxygen atoms in total. The van der Waals surface area contributed by atoms with E-state index >= 15 is 0 Å². The van der Waals surface area contributed by atoms with E-state index in [1.54, 1.807) is 36.4 Å². The Morgan fingerprint density at radius 3 is 2.36 bits per heavy atom. The van der Waals surface area contributed by atoms with Crippen molar-refractivity contribution in [2.24, 2.45) is 0 Å². The minimum absolute atomic E-state index is 0.0457. The van der Waals surface area contributed by atoms with Gasteiger partial charge in [-0.05, 0) is 56.3 Å². The first-order valence-corrected chi connectivity index (χ1v) is 8.65. The monoisotopic (exact) mass is 380 g/mol. The molecule has 0 bridgehead atoms. The molecule has 0 saturated heterocycles. The number of nitrogens with one attached hydrogen (secondary N) is 1. The van der Waals surface area contributed by atoms with Crippen LogP contribution in [0, 0.1) is 11.3 Å². The molecule has 0 radical (unpaired) electrons. The molecule has 2 aromatic rings. The fourth-order valence-corrected chi connectivity index (χ4v) is 2.40. The zero-order valence-corrected chi connectivity index (χ0v) is 15.7. The van der Waals surface area contributed by atoms with Crippen molar-refractivity contribution in [2.75, 3.05) is 11.9 Å². The predicted molar refractivity (Wildman–Crippen MR) is 102 cm³/mol. The van der Waals surface area contributed by atoms with Gasteiger partial charge in [0.2, 0.25) is 5.91 Å². The highest BCUT2D eigenvalue weighted by molar-refractivity contribution is 5.95. The first kappa shape index (κ1) is 20.6. The maximum absolute atomic E-state index is 12.3. The van der Waals surface area contributed by atoms with Crippen molar-refractivity contribution in [3.63, 3.8) is 0 Å². The van der Waals surface area contributed by atoms with Crippen LogP contribution in [0.4, 0.5) is 5.69 Å². The molecule has 2 rings (SSSR count). The van der Waals surface area contributed by atoms with Gasteiger partial charge in [-0.25, -0.2) is 4.79 Å². The van der Waals surface area contributed by atoms with Crippen LogP contribution in [0.1, 0.15) is 46.5 Å². The molecule has 0 aliphatic carbocycles. The second kappa shape index (κ2) is 9.88. The molecule has 0 aromatic heterocycles. The molecule has 0 unspecified atom stereocenters. The average molecular weight is 380 g/mol. The molecule has 28 heavy (non-hydrogen) atoms. The maximum Gasteiger partial charge on any atom is 0.338 e. The van der Waals surface area contributed by atoms with Crippen molar-refractivity contribution in [1.82, 2.24) is 0 Å². The molecule has 0 heterocycles. The molecule has 0 fully saturated rings. The quantitative estimate of drug-likeness (QED) is 0.555. The third-order valence-corrected chi connectivity index (χ3v) is 3.77. The molecule has 0 aliphatic heterocycles. The van der Waals surface area contributed by atoms with Crippen LogP contribution >= 0.6 is 0 Å². The van der Waals surface area contributed by atoms with Crippen molar-refractivity contribution >= 4 is 23.3 Å². The Morgan fingerprint density at radius 1 is 1.07 bits per heavy atom. The summed E-state index contributed by atoms with van der Waals surface area (Å²) >= 11 is 0. The maximum atomic E-state index is 12.3. The first-order valence-electron chi connectivity index (χ1n) is 8.65. The number of nitriles is 1. The standard InChI is InChI=1S/C21H20N2O5/c1-3-27-19-9-6-16(14(2)24)12-17(19)13-28-21(26)15-4-7-18(8-5-15)23-20(25)10-11-22/h4-9,12H,3,10,13H2,1-2H3,(H,23,25). The summed E-state index contributed by atoms with van der Waals surface area (Å²) in [4.78, 5) is 35.3. The number of Topliss-reactive ketones (excluding diaryl/α,β-unsaturated/α-hetero) is 1. The van der Waals surface area contributed by atoms with Crippen LogP contribution in [0.5, 0.6) is 5.75 Å². The van der Waals surface area contributed by atoms with Crippen molar-refractivity contribution in [3.8, 4) is 11.8 Å². The van der Waals surface area contributed by atoms with Crippen LogP contribution in [0.3, 0.4) is 0 Å². The number of carbonyl (C=O) groups is 3. The van der Waals surface area contributed by atoms with E-state index in [4.69, 9.17) is 14.7 Å². The first-order chi connectivity index (χ1) is 13.4. The van der Waals surface area contributed by atoms with E-state index in [2.05, 4.69) is 5.32 Å². The van der Waals surface area contributed by atoms with Gasteiger partial charge in [0.15, 0.2) is 5.78 Å². The van der Waals surface area contributed by atoms with E-state index in [1.165, 1.54) is 19.1 Å². The molecule has 2 aromatic carbocycles. The van der Waals surface area contributed by atoms with Gasteiger partial charge >= 0.3 is 5.97 Å². The molecule has 7 heteroatoms. The number of anilines is 1. The lowest BCUT2D eigenvalue weighted by molar-refractivity contribution is -0.115. The molecule has 0 atom stereocenters. The number of carbonyl (C=O) groups excluding carboxylic acids is 3. The molecular weight excluding hydrogens is 360 g/mol. The molecule has 1 N–H and O–H groups in total. The fourth-order valence-electron chi connectivity index (χ4n) is 2.40. The van der Waals surface area contributed by atoms with Gasteiger partial charge in [-0.15, -0.1) is 0 Å². The number of nitrogens with zero attached hydrogens (tertiary/aromatic N) is 1. The molecule has 0 aliphatic rings. The lowest BCUT2D eigenvalue weighted by atomic mass is 10.1. The summed E-state index contributed by atoms with van der Waals surface area (Å²) in [5.74, 6) is -0.516. The second-order valence-electron chi connectivity index (χ2n) is 5.85. The van der Waals surface area contributed by atoms with E-state index in [1.807, 2.05) is 6.92 Å². The Morgan fingerprint density at radius 2 is 1.75 bits per heavy atom. The normalized spacial score (nSPS) is 9.89. The van der Waals surface area contributed by atoms with Gasteiger partial charge in [0.1, 0.15) is 18.8 Å². The van der Waals surface area contributed by atoms with Crippen LogP contribution in [0.15, 0.2) is 42.5 Å². The van der Waals surface area contributed by atoms with Gasteiger partial charge in [0.25, 0.3) is 0 Å². The lowest BCUT2D eigenvalue weighted by Crippen LogP contribution is -2.11. The smallest absolute Gasteiger partial charge is 0.338 e. The molecule has 0 spiro atoms. The Balaban J connectivity index is 2.05. The topological polar surface area (TPSA) is 105 Å². The summed E-state index contributed by atoms with van der Waals surface area (Å²) in [6.07, 6.45) is -0.245. The molecule has 1 amide bonds. The minimum Gasteiger partial charge on any atom is -0.493 e. The third kappa shape index (κ3) is 5.68. The highest BCUT2D eigenvalue weighted by Crippen LogP contribution is 2.22. The number of ether oxygens (including phenoxy) is 2. The zero-order chi connectivity index (χ0) is 20.5. The van der Waals surface area contributed by atoms with Crippen molar-refractivity contribution in [1.29, 1.82) is 5.26 Å². The van der Waals surface area contributed by atoms with Crippen LogP contribution in [0.25, 0.3) is 0 Å². The second-order valence-corrected chi connectivity index (χ2v) is 5.85. The predicted octanol–water partition coefficient (Wildman–Crippen LogP) is 3.50. The highest BCUT2D eigenvalue weighted by atomic mass is 16.5. The summed E-state index contributed by atoms with van der Waals surface area (Å²) in [7, 11) is 0. The number of hydrogen-bond acceptors (Lipinski definition) is 6. The van der Waals surface area contributed by atoms with Crippen LogP contribution < -0.4 is 10.1 Å². The van der Waals surface area contributed by atoms with Crippen LogP contribution in [-0.2, 0) is 16.1 Å². The molecular formula is C21H20N2O5. The van der Waals surface area contributed by atoms with Crippen LogP contribution in [0.2, 0.25) is 0 Å². The largest absolute Gasteiger partial charge is 0.493 e. The van der Waals surface area contributed by atoms with Gasteiger partial charge < -0.3 is 14.8 Å². The highest BCUT2D eigenvalue weighted by Gasteiger charge is 2.12. The summed E-state index contributed by atoms with van der Waals surface area (Å²) in [5.41, 5.74) is 1.89. The fraction of sp³-hybridized carbons (Fsp3) is 0.238. The number of hydrogen-bond donors (Lipinski definition) is 1. The van der Waals surface area contributed by atoms with E-state index in [0.29, 0.717) is 34.7 Å². The number of rotatable bonds is 8. The van der Waals surface area contributed by atoms with Gasteiger partial charge in [-0.1, -0.05) is 0 Å². The van der Waals surface area contributed by atoms with Gasteiger partial charge in [-0.2, -0.15) is 5.26 Å². The molecule has 144 valence electrons. The Kier molecular flexibility index (Phi) is 7.28. The van der Waals surface area contributed by atoms with Crippen molar-refractivity contribution in [3.05, 3.63) is 59.2 Å². The van der Waals surface area contributed by atoms with E-state index < -0.39 is 11.9 Å². The number of esters is 1. The SMILES string of the molecule is CCOc1ccc(C(C)=O)cc1COC(=O)c1ccc(NC(=O)CC#N)cc1. The Labute approximate surface area is 162 Å². The third-order valence-electron chi connectivity index (χ3n) is 3.77. The van der Waals surface area contributed by atoms with Gasteiger partial charge in [-0.3, -0.25) is 9.59 Å². The Hall–Kier alpha value is -3.66. The van der Waals surface area contributed by atoms with Gasteiger partial charge in [0.05, 0.1) is 18.2 Å². The summed E-state index contributed by atoms with van der Waals surface area (Å²) in [5, 5.41) is 11.0. The van der Waals surface area contributed by atoms with E-state index in [-0.39, 0.29) is 18.8 Å². The number of ketones is 1. The van der Waals surface area contributed by atoms with E-state index in [0.717, 1.165) is 0 Å². The van der Waals surface area contributed by atoms with Crippen molar-refractivity contribution < 1.29 is 23.9 Å². The Bertz CT molecular complexity index is 913. The van der Waals surface area contributed by atoms with Crippen LogP contribution in [-0.4, -0.2) is 24.3 Å².